The summed E-state index contributed by atoms with van der Waals surface area (Å²) in [5, 5.41) is 3.37. The number of nitrogens with one attached hydrogen (secondary N) is 1. The summed E-state index contributed by atoms with van der Waals surface area (Å²) in [6.45, 7) is 2.63. The van der Waals surface area contributed by atoms with Crippen LogP contribution in [0, 0.1) is 11.7 Å². The van der Waals surface area contributed by atoms with Gasteiger partial charge in [-0.2, -0.15) is 13.2 Å². The summed E-state index contributed by atoms with van der Waals surface area (Å²) >= 11 is 0. The summed E-state index contributed by atoms with van der Waals surface area (Å²) in [7, 11) is 0. The maximum atomic E-state index is 13.8. The third kappa shape index (κ3) is 5.53. The first-order chi connectivity index (χ1) is 14.9. The zero-order valence-corrected chi connectivity index (χ0v) is 17.5. The number of fused-ring (bicyclic) bond motifs is 1. The highest BCUT2D eigenvalue weighted by Crippen LogP contribution is 2.34. The molecule has 0 atom stereocenters. The van der Waals surface area contributed by atoms with Crippen molar-refractivity contribution in [2.24, 2.45) is 5.92 Å². The van der Waals surface area contributed by atoms with Crippen LogP contribution in [0.3, 0.4) is 0 Å². The highest BCUT2D eigenvalue weighted by atomic mass is 19.4. The van der Waals surface area contributed by atoms with Gasteiger partial charge in [0, 0.05) is 19.3 Å². The van der Waals surface area contributed by atoms with Gasteiger partial charge in [-0.15, -0.1) is 0 Å². The Morgan fingerprint density at radius 2 is 1.94 bits per heavy atom. The Hall–Kier alpha value is -2.22. The molecule has 168 valence electrons. The molecule has 3 heterocycles. The van der Waals surface area contributed by atoms with E-state index in [0.29, 0.717) is 18.3 Å². The van der Waals surface area contributed by atoms with Gasteiger partial charge in [0.2, 0.25) is 0 Å². The predicted octanol–water partition coefficient (Wildman–Crippen LogP) is 4.91. The van der Waals surface area contributed by atoms with Gasteiger partial charge in [-0.25, -0.2) is 9.37 Å². The monoisotopic (exact) mass is 436 g/mol. The van der Waals surface area contributed by atoms with Gasteiger partial charge in [0.05, 0.1) is 17.0 Å². The van der Waals surface area contributed by atoms with E-state index < -0.39 is 17.6 Å². The molecule has 1 aromatic carbocycles. The van der Waals surface area contributed by atoms with Crippen molar-refractivity contribution in [3.05, 3.63) is 52.7 Å². The van der Waals surface area contributed by atoms with Crippen molar-refractivity contribution in [1.82, 2.24) is 15.3 Å². The highest BCUT2D eigenvalue weighted by Gasteiger charge is 2.34. The molecular weight excluding hydrogens is 408 g/mol. The van der Waals surface area contributed by atoms with E-state index in [1.165, 1.54) is 0 Å². The molecule has 1 fully saturated rings. The lowest BCUT2D eigenvalue weighted by atomic mass is 9.92. The minimum Gasteiger partial charge on any atom is -0.351 e. The summed E-state index contributed by atoms with van der Waals surface area (Å²) in [6.07, 6.45) is 3.94. The molecule has 4 rings (SSSR count). The van der Waals surface area contributed by atoms with Gasteiger partial charge in [-0.3, -0.25) is 4.98 Å². The molecule has 0 radical (unpaired) electrons. The molecule has 0 amide bonds. The summed E-state index contributed by atoms with van der Waals surface area (Å²) in [5.41, 5.74) is 0.824. The van der Waals surface area contributed by atoms with E-state index in [-0.39, 0.29) is 12.1 Å². The third-order valence-electron chi connectivity index (χ3n) is 6.27. The van der Waals surface area contributed by atoms with Crippen LogP contribution in [-0.4, -0.2) is 29.6 Å². The van der Waals surface area contributed by atoms with Crippen molar-refractivity contribution in [3.8, 4) is 0 Å². The number of piperidine rings is 1. The molecule has 0 saturated carbocycles. The number of rotatable bonds is 5. The molecule has 2 aliphatic heterocycles. The minimum absolute atomic E-state index is 0.0357. The molecule has 0 aliphatic carbocycles. The number of halogens is 4. The first-order valence-corrected chi connectivity index (χ1v) is 11.1. The lowest BCUT2D eigenvalue weighted by molar-refractivity contribution is -0.138. The number of aryl methyl sites for hydroxylation is 2. The van der Waals surface area contributed by atoms with Crippen LogP contribution in [0.2, 0.25) is 0 Å². The van der Waals surface area contributed by atoms with Crippen LogP contribution in [0.15, 0.2) is 24.4 Å². The van der Waals surface area contributed by atoms with E-state index in [9.17, 15) is 17.6 Å². The third-order valence-corrected chi connectivity index (χ3v) is 6.27. The Bertz CT molecular complexity index is 894. The van der Waals surface area contributed by atoms with E-state index >= 15 is 0 Å². The summed E-state index contributed by atoms with van der Waals surface area (Å²) < 4.78 is 54.2. The topological polar surface area (TPSA) is 41.1 Å². The van der Waals surface area contributed by atoms with Crippen LogP contribution in [0.4, 0.5) is 23.4 Å². The number of benzene rings is 1. The molecule has 1 saturated heterocycles. The first kappa shape index (κ1) is 22.0. The second-order valence-electron chi connectivity index (χ2n) is 8.54. The molecule has 1 N–H and O–H groups in total. The van der Waals surface area contributed by atoms with E-state index in [1.807, 2.05) is 11.1 Å². The summed E-state index contributed by atoms with van der Waals surface area (Å²) in [6, 6.07) is 2.67. The van der Waals surface area contributed by atoms with Crippen LogP contribution < -0.4 is 10.2 Å². The second kappa shape index (κ2) is 9.51. The largest absolute Gasteiger partial charge is 0.416 e. The van der Waals surface area contributed by atoms with Gasteiger partial charge in [-0.1, -0.05) is 0 Å². The molecule has 8 heteroatoms. The standard InChI is InChI=1S/C23H28F4N4/c24-18-5-7-20(23(25,26)27)17(13-18)15-31-12-2-1-3-21-22(31)30-19(14-29-21)6-4-16-8-10-28-11-9-16/h5,7,13-14,16,28H,1-4,6,8-12,15H2. The van der Waals surface area contributed by atoms with Crippen molar-refractivity contribution in [1.29, 1.82) is 0 Å². The molecule has 0 unspecified atom stereocenters. The van der Waals surface area contributed by atoms with E-state index in [0.717, 1.165) is 87.6 Å². The maximum Gasteiger partial charge on any atom is 0.416 e. The van der Waals surface area contributed by atoms with Crippen molar-refractivity contribution in [3.63, 3.8) is 0 Å². The molecule has 4 nitrogen and oxygen atoms in total. The van der Waals surface area contributed by atoms with Gasteiger partial charge in [-0.05, 0) is 87.7 Å². The van der Waals surface area contributed by atoms with E-state index in [2.05, 4.69) is 10.3 Å². The average molecular weight is 436 g/mol. The average Bonchev–Trinajstić information content (AvgIpc) is 2.94. The lowest BCUT2D eigenvalue weighted by Gasteiger charge is -2.26. The molecule has 2 aliphatic rings. The number of anilines is 1. The van der Waals surface area contributed by atoms with Crippen molar-refractivity contribution < 1.29 is 17.6 Å². The minimum atomic E-state index is -4.53. The zero-order valence-electron chi connectivity index (χ0n) is 17.5. The Morgan fingerprint density at radius 3 is 2.71 bits per heavy atom. The Kier molecular flexibility index (Phi) is 6.74. The lowest BCUT2D eigenvalue weighted by Crippen LogP contribution is -2.28. The van der Waals surface area contributed by atoms with Crippen LogP contribution in [0.25, 0.3) is 0 Å². The smallest absolute Gasteiger partial charge is 0.351 e. The fraction of sp³-hybridized carbons (Fsp3) is 0.565. The summed E-state index contributed by atoms with van der Waals surface area (Å²) in [5.74, 6) is 0.650. The Labute approximate surface area is 180 Å². The fourth-order valence-electron chi connectivity index (χ4n) is 4.54. The Morgan fingerprint density at radius 1 is 1.13 bits per heavy atom. The Balaban J connectivity index is 1.57. The van der Waals surface area contributed by atoms with Crippen molar-refractivity contribution in [2.45, 2.75) is 57.7 Å². The number of hydrogen-bond acceptors (Lipinski definition) is 4. The quantitative estimate of drug-likeness (QED) is 0.677. The van der Waals surface area contributed by atoms with Gasteiger partial charge in [0.1, 0.15) is 5.82 Å². The predicted molar refractivity (Wildman–Crippen MR) is 111 cm³/mol. The van der Waals surface area contributed by atoms with Crippen LogP contribution in [-0.2, 0) is 25.6 Å². The second-order valence-corrected chi connectivity index (χ2v) is 8.54. The van der Waals surface area contributed by atoms with Crippen LogP contribution in [0.1, 0.15) is 54.6 Å². The number of alkyl halides is 3. The molecule has 0 spiro atoms. The molecule has 31 heavy (non-hydrogen) atoms. The van der Waals surface area contributed by atoms with Gasteiger partial charge < -0.3 is 10.2 Å². The number of hydrogen-bond donors (Lipinski definition) is 1. The number of nitrogens with zero attached hydrogens (tertiary/aromatic N) is 3. The van der Waals surface area contributed by atoms with Crippen molar-refractivity contribution >= 4 is 5.82 Å². The molecular formula is C23H28F4N4. The van der Waals surface area contributed by atoms with Gasteiger partial charge in [0.25, 0.3) is 0 Å². The first-order valence-electron chi connectivity index (χ1n) is 11.1. The van der Waals surface area contributed by atoms with Gasteiger partial charge >= 0.3 is 6.18 Å². The van der Waals surface area contributed by atoms with E-state index in [1.54, 1.807) is 0 Å². The molecule has 0 bridgehead atoms. The fourth-order valence-corrected chi connectivity index (χ4v) is 4.54. The van der Waals surface area contributed by atoms with Gasteiger partial charge in [0.15, 0.2) is 5.82 Å². The van der Waals surface area contributed by atoms with Crippen LogP contribution >= 0.6 is 0 Å². The highest BCUT2D eigenvalue weighted by molar-refractivity contribution is 5.47. The molecule has 2 aromatic rings. The summed E-state index contributed by atoms with van der Waals surface area (Å²) in [4.78, 5) is 11.3. The molecule has 1 aromatic heterocycles. The van der Waals surface area contributed by atoms with E-state index in [4.69, 9.17) is 4.98 Å². The van der Waals surface area contributed by atoms with Crippen LogP contribution in [0.5, 0.6) is 0 Å². The zero-order chi connectivity index (χ0) is 21.8. The van der Waals surface area contributed by atoms with Crippen molar-refractivity contribution in [2.75, 3.05) is 24.5 Å². The maximum absolute atomic E-state index is 13.8. The SMILES string of the molecule is Fc1ccc(C(F)(F)F)c(CN2CCCCc3ncc(CCC4CCNCC4)nc32)c1. The number of aromatic nitrogens is 2. The normalized spacial score (nSPS) is 18.0.